The number of hydrogen-bond donors (Lipinski definition) is 1. The van der Waals surface area contributed by atoms with Crippen LogP contribution in [-0.4, -0.2) is 17.7 Å². The molecule has 1 aromatic heterocycles. The van der Waals surface area contributed by atoms with Crippen LogP contribution in [0.4, 0.5) is 0 Å². The Morgan fingerprint density at radius 2 is 2.36 bits per heavy atom. The van der Waals surface area contributed by atoms with Crippen LogP contribution >= 0.6 is 0 Å². The summed E-state index contributed by atoms with van der Waals surface area (Å²) >= 11 is 0. The minimum Gasteiger partial charge on any atom is -0.330 e. The van der Waals surface area contributed by atoms with Gasteiger partial charge in [0.05, 0.1) is 6.54 Å². The first-order chi connectivity index (χ1) is 6.64. The van der Waals surface area contributed by atoms with Crippen molar-refractivity contribution >= 4 is 6.21 Å². The van der Waals surface area contributed by atoms with E-state index >= 15 is 0 Å². The van der Waals surface area contributed by atoms with Gasteiger partial charge in [0.25, 0.3) is 0 Å². The molecule has 0 amide bonds. The van der Waals surface area contributed by atoms with Crippen molar-refractivity contribution in [2.75, 3.05) is 6.54 Å². The van der Waals surface area contributed by atoms with Gasteiger partial charge in [-0.25, -0.2) is 0 Å². The maximum Gasteiger partial charge on any atom is 0.0651 e. The van der Waals surface area contributed by atoms with Crippen molar-refractivity contribution in [1.82, 2.24) is 4.98 Å². The van der Waals surface area contributed by atoms with E-state index in [9.17, 15) is 0 Å². The third kappa shape index (κ3) is 3.66. The molecule has 0 spiro atoms. The molecule has 14 heavy (non-hydrogen) atoms. The molecular weight excluding hydrogens is 174 g/mol. The van der Waals surface area contributed by atoms with Crippen LogP contribution in [0.5, 0.6) is 0 Å². The number of rotatable bonds is 4. The highest BCUT2D eigenvalue weighted by Gasteiger charge is 2.10. The molecule has 0 aromatic carbocycles. The predicted molar refractivity (Wildman–Crippen MR) is 59.3 cm³/mol. The zero-order valence-electron chi connectivity index (χ0n) is 8.77. The Labute approximate surface area is 85.1 Å². The molecule has 76 valence electrons. The van der Waals surface area contributed by atoms with Crippen molar-refractivity contribution in [2.45, 2.75) is 20.4 Å². The van der Waals surface area contributed by atoms with Gasteiger partial charge in [0.1, 0.15) is 0 Å². The van der Waals surface area contributed by atoms with Crippen molar-refractivity contribution < 1.29 is 0 Å². The van der Waals surface area contributed by atoms with Gasteiger partial charge in [0.15, 0.2) is 0 Å². The van der Waals surface area contributed by atoms with Gasteiger partial charge in [-0.3, -0.25) is 9.98 Å². The quantitative estimate of drug-likeness (QED) is 0.735. The van der Waals surface area contributed by atoms with E-state index in [1.54, 1.807) is 6.20 Å². The fraction of sp³-hybridized carbons (Fsp3) is 0.455. The summed E-state index contributed by atoms with van der Waals surface area (Å²) in [5, 5.41) is 0. The number of pyridine rings is 1. The Morgan fingerprint density at radius 1 is 1.57 bits per heavy atom. The smallest absolute Gasteiger partial charge is 0.0651 e. The standard InChI is InChI=1S/C11H17N3/c1-11(2,8-12)9-14-7-10-4-3-5-13-6-10/h3-6,9H,7-8,12H2,1-2H3. The fourth-order valence-corrected chi connectivity index (χ4v) is 0.943. The van der Waals surface area contributed by atoms with Gasteiger partial charge < -0.3 is 5.73 Å². The Kier molecular flexibility index (Phi) is 3.77. The SMILES string of the molecule is CC(C)(C=NCc1cccnc1)CN. The summed E-state index contributed by atoms with van der Waals surface area (Å²) < 4.78 is 0. The average molecular weight is 191 g/mol. The lowest BCUT2D eigenvalue weighted by atomic mass is 9.96. The van der Waals surface area contributed by atoms with E-state index in [2.05, 4.69) is 23.8 Å². The van der Waals surface area contributed by atoms with Crippen molar-refractivity contribution in [3.8, 4) is 0 Å². The normalized spacial score (nSPS) is 12.2. The van der Waals surface area contributed by atoms with E-state index < -0.39 is 0 Å². The largest absolute Gasteiger partial charge is 0.330 e. The number of aromatic nitrogens is 1. The highest BCUT2D eigenvalue weighted by Crippen LogP contribution is 2.08. The molecule has 3 heteroatoms. The predicted octanol–water partition coefficient (Wildman–Crippen LogP) is 1.64. The molecule has 0 bridgehead atoms. The van der Waals surface area contributed by atoms with Gasteiger partial charge in [0.2, 0.25) is 0 Å². The Bertz CT molecular complexity index is 291. The molecule has 2 N–H and O–H groups in total. The Hall–Kier alpha value is -1.22. The number of nitrogens with zero attached hydrogens (tertiary/aromatic N) is 2. The molecule has 0 saturated carbocycles. The third-order valence-corrected chi connectivity index (χ3v) is 1.96. The maximum atomic E-state index is 5.58. The van der Waals surface area contributed by atoms with E-state index in [1.165, 1.54) is 0 Å². The van der Waals surface area contributed by atoms with Crippen LogP contribution in [0.25, 0.3) is 0 Å². The van der Waals surface area contributed by atoms with Gasteiger partial charge in [-0.05, 0) is 11.6 Å². The van der Waals surface area contributed by atoms with E-state index in [1.807, 2.05) is 24.5 Å². The zero-order valence-corrected chi connectivity index (χ0v) is 8.77. The Morgan fingerprint density at radius 3 is 2.93 bits per heavy atom. The van der Waals surface area contributed by atoms with Crippen LogP contribution in [0.1, 0.15) is 19.4 Å². The van der Waals surface area contributed by atoms with Crippen molar-refractivity contribution in [3.63, 3.8) is 0 Å². The molecule has 1 aromatic rings. The van der Waals surface area contributed by atoms with E-state index in [0.717, 1.165) is 5.56 Å². The van der Waals surface area contributed by atoms with Gasteiger partial charge in [-0.2, -0.15) is 0 Å². The first kappa shape index (κ1) is 10.9. The molecule has 0 radical (unpaired) electrons. The molecule has 1 rings (SSSR count). The number of aliphatic imine (C=N–C) groups is 1. The summed E-state index contributed by atoms with van der Waals surface area (Å²) in [5.41, 5.74) is 6.69. The molecule has 3 nitrogen and oxygen atoms in total. The third-order valence-electron chi connectivity index (χ3n) is 1.96. The highest BCUT2D eigenvalue weighted by molar-refractivity contribution is 5.64. The second-order valence-electron chi connectivity index (χ2n) is 4.02. The van der Waals surface area contributed by atoms with Crippen molar-refractivity contribution in [1.29, 1.82) is 0 Å². The van der Waals surface area contributed by atoms with Gasteiger partial charge in [0, 0.05) is 30.6 Å². The lowest BCUT2D eigenvalue weighted by molar-refractivity contribution is 0.548. The molecule has 0 unspecified atom stereocenters. The van der Waals surface area contributed by atoms with Crippen LogP contribution in [0.2, 0.25) is 0 Å². The van der Waals surface area contributed by atoms with Crippen LogP contribution in [0.3, 0.4) is 0 Å². The van der Waals surface area contributed by atoms with Crippen molar-refractivity contribution in [2.24, 2.45) is 16.1 Å². The molecule has 0 fully saturated rings. The lowest BCUT2D eigenvalue weighted by Crippen LogP contribution is -2.24. The first-order valence-corrected chi connectivity index (χ1v) is 4.74. The van der Waals surface area contributed by atoms with Crippen LogP contribution < -0.4 is 5.73 Å². The van der Waals surface area contributed by atoms with Crippen LogP contribution in [0, 0.1) is 5.41 Å². The number of nitrogens with two attached hydrogens (primary N) is 1. The minimum absolute atomic E-state index is 0.0117. The lowest BCUT2D eigenvalue weighted by Gasteiger charge is -2.15. The molecule has 0 saturated heterocycles. The molecule has 1 heterocycles. The van der Waals surface area contributed by atoms with Gasteiger partial charge in [-0.1, -0.05) is 19.9 Å². The minimum atomic E-state index is -0.0117. The summed E-state index contributed by atoms with van der Waals surface area (Å²) in [4.78, 5) is 8.36. The highest BCUT2D eigenvalue weighted by atomic mass is 14.7. The van der Waals surface area contributed by atoms with E-state index in [0.29, 0.717) is 13.1 Å². The average Bonchev–Trinajstić information content (AvgIpc) is 2.19. The van der Waals surface area contributed by atoms with Gasteiger partial charge in [-0.15, -0.1) is 0 Å². The zero-order chi connectivity index (χ0) is 10.4. The van der Waals surface area contributed by atoms with Gasteiger partial charge >= 0.3 is 0 Å². The maximum absolute atomic E-state index is 5.58. The molecule has 0 aliphatic rings. The van der Waals surface area contributed by atoms with Crippen molar-refractivity contribution in [3.05, 3.63) is 30.1 Å². The second-order valence-corrected chi connectivity index (χ2v) is 4.02. The van der Waals surface area contributed by atoms with Crippen LogP contribution in [-0.2, 0) is 6.54 Å². The first-order valence-electron chi connectivity index (χ1n) is 4.74. The summed E-state index contributed by atoms with van der Waals surface area (Å²) in [5.74, 6) is 0. The Balaban J connectivity index is 2.49. The van der Waals surface area contributed by atoms with E-state index in [-0.39, 0.29) is 5.41 Å². The molecular formula is C11H17N3. The molecule has 0 aliphatic carbocycles. The monoisotopic (exact) mass is 191 g/mol. The fourth-order valence-electron chi connectivity index (χ4n) is 0.943. The topological polar surface area (TPSA) is 51.3 Å². The molecule has 0 atom stereocenters. The molecule has 0 aliphatic heterocycles. The second kappa shape index (κ2) is 4.86. The number of hydrogen-bond acceptors (Lipinski definition) is 3. The summed E-state index contributed by atoms with van der Waals surface area (Å²) in [6.07, 6.45) is 5.50. The summed E-state index contributed by atoms with van der Waals surface area (Å²) in [6.45, 7) is 5.43. The van der Waals surface area contributed by atoms with Crippen LogP contribution in [0.15, 0.2) is 29.5 Å². The summed E-state index contributed by atoms with van der Waals surface area (Å²) in [6, 6.07) is 3.93. The van der Waals surface area contributed by atoms with E-state index in [4.69, 9.17) is 5.73 Å². The summed E-state index contributed by atoms with van der Waals surface area (Å²) in [7, 11) is 0.